The molecule has 8 heavy (non-hydrogen) atoms. The second kappa shape index (κ2) is 3.42. The van der Waals surface area contributed by atoms with E-state index in [1.54, 1.807) is 0 Å². The molecule has 0 N–H and O–H groups in total. The average Bonchev–Trinajstić information content (AvgIpc) is 1.59. The number of rotatable bonds is 0. The predicted octanol–water partition coefficient (Wildman–Crippen LogP) is 2.11. The van der Waals surface area contributed by atoms with Crippen molar-refractivity contribution in [3.8, 4) is 10.7 Å². The molecular formula is C6H11ClGe. The van der Waals surface area contributed by atoms with Gasteiger partial charge >= 0.3 is 58.7 Å². The minimum atomic E-state index is -1.55. The van der Waals surface area contributed by atoms with Gasteiger partial charge in [0.1, 0.15) is 0 Å². The number of hydrogen-bond donors (Lipinski definition) is 0. The number of alkyl halides is 1. The molecule has 0 aliphatic carbocycles. The molecule has 0 aromatic rings. The van der Waals surface area contributed by atoms with Crippen LogP contribution in [0.5, 0.6) is 0 Å². The summed E-state index contributed by atoms with van der Waals surface area (Å²) < 4.78 is 3.18. The van der Waals surface area contributed by atoms with Crippen LogP contribution in [0.3, 0.4) is 0 Å². The van der Waals surface area contributed by atoms with Gasteiger partial charge in [-0.1, -0.05) is 0 Å². The van der Waals surface area contributed by atoms with E-state index in [1.165, 1.54) is 0 Å². The van der Waals surface area contributed by atoms with Crippen molar-refractivity contribution in [1.29, 1.82) is 0 Å². The molecule has 0 aliphatic heterocycles. The van der Waals surface area contributed by atoms with E-state index in [-0.39, 0.29) is 0 Å². The van der Waals surface area contributed by atoms with Gasteiger partial charge in [-0.3, -0.25) is 0 Å². The Morgan fingerprint density at radius 1 is 1.38 bits per heavy atom. The quantitative estimate of drug-likeness (QED) is 0.312. The summed E-state index contributed by atoms with van der Waals surface area (Å²) in [4.78, 5) is 0. The summed E-state index contributed by atoms with van der Waals surface area (Å²) in [5.41, 5.74) is 0. The molecular weight excluding hydrogens is 180 g/mol. The van der Waals surface area contributed by atoms with Gasteiger partial charge in [-0.15, -0.1) is 0 Å². The zero-order valence-electron chi connectivity index (χ0n) is 5.59. The van der Waals surface area contributed by atoms with E-state index in [1.807, 2.05) is 0 Å². The molecule has 0 radical (unpaired) electrons. The van der Waals surface area contributed by atoms with Crippen LogP contribution in [0.15, 0.2) is 0 Å². The van der Waals surface area contributed by atoms with Crippen molar-refractivity contribution in [3.05, 3.63) is 0 Å². The van der Waals surface area contributed by atoms with Gasteiger partial charge in [-0.2, -0.15) is 0 Å². The molecule has 2 heteroatoms. The fourth-order valence-corrected chi connectivity index (χ4v) is 1.90. The van der Waals surface area contributed by atoms with Crippen LogP contribution in [0.1, 0.15) is 0 Å². The standard InChI is InChI=1S/C6H11ClGe/c1-8(2,3)6-4-5-7/h5H2,1-3H3. The van der Waals surface area contributed by atoms with Crippen LogP contribution < -0.4 is 0 Å². The molecule has 0 amide bonds. The minimum absolute atomic E-state index is 0.489. The number of halogens is 1. The van der Waals surface area contributed by atoms with Crippen molar-refractivity contribution < 1.29 is 0 Å². The monoisotopic (exact) mass is 192 g/mol. The molecule has 0 rings (SSSR count). The summed E-state index contributed by atoms with van der Waals surface area (Å²) in [6.07, 6.45) is 0. The Hall–Kier alpha value is 0.393. The van der Waals surface area contributed by atoms with Crippen LogP contribution in [0, 0.1) is 10.7 Å². The number of hydrogen-bond acceptors (Lipinski definition) is 0. The second-order valence-electron chi connectivity index (χ2n) is 2.69. The molecule has 0 aliphatic rings. The van der Waals surface area contributed by atoms with E-state index < -0.39 is 13.3 Å². The molecule has 46 valence electrons. The Kier molecular flexibility index (Phi) is 3.59. The summed E-state index contributed by atoms with van der Waals surface area (Å²) in [6.45, 7) is 0. The topological polar surface area (TPSA) is 0 Å². The van der Waals surface area contributed by atoms with Crippen molar-refractivity contribution in [3.63, 3.8) is 0 Å². The summed E-state index contributed by atoms with van der Waals surface area (Å²) in [7, 11) is 0. The fraction of sp³-hybridized carbons (Fsp3) is 0.667. The average molecular weight is 191 g/mol. The first-order valence-electron chi connectivity index (χ1n) is 2.62. The molecule has 0 nitrogen and oxygen atoms in total. The molecule has 0 aromatic heterocycles. The van der Waals surface area contributed by atoms with Crippen LogP contribution in [0.25, 0.3) is 0 Å². The molecule has 0 saturated heterocycles. The van der Waals surface area contributed by atoms with Crippen molar-refractivity contribution in [2.45, 2.75) is 17.3 Å². The van der Waals surface area contributed by atoms with Gasteiger partial charge in [0.25, 0.3) is 0 Å². The van der Waals surface area contributed by atoms with E-state index >= 15 is 0 Å². The van der Waals surface area contributed by atoms with Gasteiger partial charge in [-0.25, -0.2) is 0 Å². The van der Waals surface area contributed by atoms with Crippen molar-refractivity contribution in [2.24, 2.45) is 0 Å². The Morgan fingerprint density at radius 2 is 1.88 bits per heavy atom. The molecule has 0 heterocycles. The first kappa shape index (κ1) is 8.39. The van der Waals surface area contributed by atoms with Crippen molar-refractivity contribution >= 4 is 24.9 Å². The molecule has 0 saturated carbocycles. The Morgan fingerprint density at radius 3 is 2.00 bits per heavy atom. The molecule has 0 fully saturated rings. The van der Waals surface area contributed by atoms with E-state index in [0.29, 0.717) is 5.88 Å². The normalized spacial score (nSPS) is 10.0. The summed E-state index contributed by atoms with van der Waals surface area (Å²) in [6, 6.07) is 0. The van der Waals surface area contributed by atoms with Crippen LogP contribution in [-0.4, -0.2) is 19.1 Å². The molecule has 0 atom stereocenters. The maximum atomic E-state index is 5.36. The third-order valence-electron chi connectivity index (χ3n) is 0.530. The maximum absolute atomic E-state index is 5.36. The van der Waals surface area contributed by atoms with Gasteiger partial charge < -0.3 is 0 Å². The third kappa shape index (κ3) is 6.39. The summed E-state index contributed by atoms with van der Waals surface area (Å²) in [5, 5.41) is 0. The van der Waals surface area contributed by atoms with Gasteiger partial charge in [0.05, 0.1) is 0 Å². The molecule has 0 aromatic carbocycles. The second-order valence-corrected chi connectivity index (χ2v) is 12.9. The zero-order chi connectivity index (χ0) is 6.62. The zero-order valence-corrected chi connectivity index (χ0v) is 8.44. The van der Waals surface area contributed by atoms with Gasteiger partial charge in [0, 0.05) is 0 Å². The van der Waals surface area contributed by atoms with Gasteiger partial charge in [0.15, 0.2) is 0 Å². The van der Waals surface area contributed by atoms with Crippen LogP contribution >= 0.6 is 11.6 Å². The van der Waals surface area contributed by atoms with Crippen LogP contribution in [-0.2, 0) is 0 Å². The van der Waals surface area contributed by atoms with E-state index in [0.717, 1.165) is 0 Å². The first-order chi connectivity index (χ1) is 3.56. The van der Waals surface area contributed by atoms with Crippen LogP contribution in [0.4, 0.5) is 0 Å². The first-order valence-corrected chi connectivity index (χ1v) is 10.5. The van der Waals surface area contributed by atoms with Gasteiger partial charge in [0.2, 0.25) is 0 Å². The summed E-state index contributed by atoms with van der Waals surface area (Å²) in [5.74, 6) is 10.1. The van der Waals surface area contributed by atoms with Crippen molar-refractivity contribution in [1.82, 2.24) is 0 Å². The van der Waals surface area contributed by atoms with Crippen molar-refractivity contribution in [2.75, 3.05) is 5.88 Å². The van der Waals surface area contributed by atoms with E-state index in [4.69, 9.17) is 11.6 Å². The Balaban J connectivity index is 3.69. The van der Waals surface area contributed by atoms with E-state index in [9.17, 15) is 0 Å². The molecule has 0 unspecified atom stereocenters. The van der Waals surface area contributed by atoms with E-state index in [2.05, 4.69) is 27.9 Å². The Labute approximate surface area is 59.0 Å². The third-order valence-corrected chi connectivity index (χ3v) is 2.61. The van der Waals surface area contributed by atoms with Crippen LogP contribution in [0.2, 0.25) is 17.3 Å². The Bertz CT molecular complexity index is 113. The summed E-state index contributed by atoms with van der Waals surface area (Å²) >= 11 is 3.81. The van der Waals surface area contributed by atoms with Gasteiger partial charge in [-0.05, 0) is 0 Å². The SMILES string of the molecule is [CH3][Ge]([CH3])([CH3])[C]#CCCl. The predicted molar refractivity (Wildman–Crippen MR) is 41.8 cm³/mol. The molecule has 0 spiro atoms. The molecule has 0 bridgehead atoms. The fourth-order valence-electron chi connectivity index (χ4n) is 0.299.